The first-order valence-corrected chi connectivity index (χ1v) is 12.1. The normalized spacial score (nSPS) is 15.2. The van der Waals surface area contributed by atoms with E-state index in [-0.39, 0.29) is 23.3 Å². The summed E-state index contributed by atoms with van der Waals surface area (Å²) in [6.07, 6.45) is 3.74. The number of halogens is 2. The van der Waals surface area contributed by atoms with Crippen LogP contribution in [0.1, 0.15) is 43.1 Å². The topological polar surface area (TPSA) is 101 Å². The van der Waals surface area contributed by atoms with Crippen LogP contribution in [0.25, 0.3) is 11.3 Å². The molecule has 0 radical (unpaired) electrons. The Labute approximate surface area is 213 Å². The van der Waals surface area contributed by atoms with E-state index in [0.29, 0.717) is 37.3 Å². The minimum absolute atomic E-state index is 0.126. The van der Waals surface area contributed by atoms with Gasteiger partial charge in [-0.15, -0.1) is 5.10 Å². The summed E-state index contributed by atoms with van der Waals surface area (Å²) in [4.78, 5) is 31.9. The maximum atomic E-state index is 14.4. The summed E-state index contributed by atoms with van der Waals surface area (Å²) in [5.41, 5.74) is 3.99. The molecule has 0 unspecified atom stereocenters. The molecule has 1 aliphatic rings. The highest BCUT2D eigenvalue weighted by Crippen LogP contribution is 2.22. The molecule has 4 rings (SSSR count). The van der Waals surface area contributed by atoms with Crippen LogP contribution in [0.4, 0.5) is 13.6 Å². The van der Waals surface area contributed by atoms with Crippen molar-refractivity contribution in [1.29, 1.82) is 0 Å². The van der Waals surface area contributed by atoms with E-state index in [2.05, 4.69) is 20.8 Å². The summed E-state index contributed by atoms with van der Waals surface area (Å²) in [5.74, 6) is -1.36. The first-order chi connectivity index (χ1) is 17.6. The smallest absolute Gasteiger partial charge is 0.410 e. The van der Waals surface area contributed by atoms with Gasteiger partial charge in [-0.3, -0.25) is 9.78 Å². The average molecular weight is 513 g/mol. The third-order valence-electron chi connectivity index (χ3n) is 5.82. The van der Waals surface area contributed by atoms with Gasteiger partial charge in [-0.2, -0.15) is 9.18 Å². The molecule has 2 amide bonds. The lowest BCUT2D eigenvalue weighted by molar-refractivity contribution is -0.00488. The van der Waals surface area contributed by atoms with Gasteiger partial charge in [0, 0.05) is 25.8 Å². The zero-order valence-electron chi connectivity index (χ0n) is 21.0. The Morgan fingerprint density at radius 3 is 2.65 bits per heavy atom. The fraction of sp³-hybridized carbons (Fsp3) is 0.385. The SMILES string of the molecule is CC(C)(C)OC(=O)N1CC[C@@H]1CNC(=O)c1ccc(-c2cn(NCCc3cccc(F)c3)nc2F)nc1. The van der Waals surface area contributed by atoms with E-state index >= 15 is 0 Å². The van der Waals surface area contributed by atoms with Crippen molar-refractivity contribution < 1.29 is 23.1 Å². The van der Waals surface area contributed by atoms with Crippen LogP contribution in [0.3, 0.4) is 0 Å². The summed E-state index contributed by atoms with van der Waals surface area (Å²) >= 11 is 0. The standard InChI is InChI=1S/C26H30F2N6O3/c1-26(2,3)37-25(36)33-12-10-20(33)15-30-24(35)18-7-8-22(29-14-18)21-16-34(32-23(21)28)31-11-9-17-5-4-6-19(27)13-17/h4-8,13-14,16,20,31H,9-12,15H2,1-3H3,(H,30,35)/t20-/m1/s1. The third-order valence-corrected chi connectivity index (χ3v) is 5.82. The van der Waals surface area contributed by atoms with E-state index in [0.717, 1.165) is 12.0 Å². The van der Waals surface area contributed by atoms with Crippen LogP contribution in [0, 0.1) is 11.8 Å². The Balaban J connectivity index is 1.29. The number of carbonyl (C=O) groups is 2. The molecule has 1 aliphatic heterocycles. The van der Waals surface area contributed by atoms with Gasteiger partial charge in [0.25, 0.3) is 5.91 Å². The van der Waals surface area contributed by atoms with E-state index in [9.17, 15) is 18.4 Å². The molecule has 0 spiro atoms. The summed E-state index contributed by atoms with van der Waals surface area (Å²) in [6, 6.07) is 9.24. The number of carbonyl (C=O) groups excluding carboxylic acids is 2. The number of rotatable bonds is 8. The van der Waals surface area contributed by atoms with Crippen molar-refractivity contribution in [3.8, 4) is 11.3 Å². The molecular formula is C26H30F2N6O3. The predicted octanol–water partition coefficient (Wildman–Crippen LogP) is 3.75. The number of likely N-dealkylation sites (tertiary alicyclic amines) is 1. The molecule has 3 heterocycles. The van der Waals surface area contributed by atoms with E-state index in [4.69, 9.17) is 4.74 Å². The second kappa shape index (κ2) is 10.9. The minimum Gasteiger partial charge on any atom is -0.444 e. The van der Waals surface area contributed by atoms with Crippen LogP contribution in [0.15, 0.2) is 48.8 Å². The molecule has 1 fully saturated rings. The monoisotopic (exact) mass is 512 g/mol. The number of hydrogen-bond acceptors (Lipinski definition) is 6. The van der Waals surface area contributed by atoms with Gasteiger partial charge in [0.1, 0.15) is 11.4 Å². The summed E-state index contributed by atoms with van der Waals surface area (Å²) in [7, 11) is 0. The molecule has 196 valence electrons. The fourth-order valence-electron chi connectivity index (χ4n) is 3.83. The zero-order valence-corrected chi connectivity index (χ0v) is 21.0. The highest BCUT2D eigenvalue weighted by Gasteiger charge is 2.35. The Morgan fingerprint density at radius 1 is 1.19 bits per heavy atom. The van der Waals surface area contributed by atoms with Gasteiger partial charge in [0.2, 0.25) is 5.95 Å². The first kappa shape index (κ1) is 26.1. The molecule has 2 aromatic heterocycles. The average Bonchev–Trinajstić information content (AvgIpc) is 3.17. The fourth-order valence-corrected chi connectivity index (χ4v) is 3.83. The molecule has 1 atom stereocenters. The molecule has 9 nitrogen and oxygen atoms in total. The number of aromatic nitrogens is 3. The molecule has 0 saturated carbocycles. The molecule has 1 saturated heterocycles. The highest BCUT2D eigenvalue weighted by atomic mass is 19.1. The van der Waals surface area contributed by atoms with Crippen molar-refractivity contribution >= 4 is 12.0 Å². The van der Waals surface area contributed by atoms with Gasteiger partial charge in [-0.1, -0.05) is 12.1 Å². The van der Waals surface area contributed by atoms with Gasteiger partial charge < -0.3 is 20.4 Å². The van der Waals surface area contributed by atoms with Gasteiger partial charge in [-0.25, -0.2) is 9.18 Å². The Morgan fingerprint density at radius 2 is 2.00 bits per heavy atom. The lowest BCUT2D eigenvalue weighted by Gasteiger charge is -2.41. The van der Waals surface area contributed by atoms with Gasteiger partial charge in [0.15, 0.2) is 0 Å². The van der Waals surface area contributed by atoms with Gasteiger partial charge >= 0.3 is 6.09 Å². The quantitative estimate of drug-likeness (QED) is 0.477. The maximum Gasteiger partial charge on any atom is 0.410 e. The summed E-state index contributed by atoms with van der Waals surface area (Å²) in [6.45, 7) is 6.72. The summed E-state index contributed by atoms with van der Waals surface area (Å²) < 4.78 is 33.1. The molecule has 11 heteroatoms. The van der Waals surface area contributed by atoms with Crippen LogP contribution in [-0.2, 0) is 11.2 Å². The van der Waals surface area contributed by atoms with Crippen molar-refractivity contribution in [1.82, 2.24) is 25.1 Å². The molecule has 0 aliphatic carbocycles. The second-order valence-corrected chi connectivity index (χ2v) is 9.82. The van der Waals surface area contributed by atoms with Crippen molar-refractivity contribution in [2.75, 3.05) is 25.1 Å². The molecule has 0 bridgehead atoms. The number of amides is 2. The predicted molar refractivity (Wildman–Crippen MR) is 133 cm³/mol. The lowest BCUT2D eigenvalue weighted by Crippen LogP contribution is -2.56. The number of nitrogens with one attached hydrogen (secondary N) is 2. The van der Waals surface area contributed by atoms with Crippen molar-refractivity contribution in [3.05, 3.63) is 71.7 Å². The number of hydrogen-bond donors (Lipinski definition) is 2. The number of nitrogens with zero attached hydrogens (tertiary/aromatic N) is 4. The number of benzene rings is 1. The lowest BCUT2D eigenvalue weighted by atomic mass is 10.0. The molecule has 37 heavy (non-hydrogen) atoms. The van der Waals surface area contributed by atoms with Gasteiger partial charge in [0.05, 0.1) is 29.1 Å². The van der Waals surface area contributed by atoms with Crippen LogP contribution in [0.2, 0.25) is 0 Å². The largest absolute Gasteiger partial charge is 0.444 e. The molecule has 2 N–H and O–H groups in total. The van der Waals surface area contributed by atoms with Crippen LogP contribution >= 0.6 is 0 Å². The Kier molecular flexibility index (Phi) is 7.70. The van der Waals surface area contributed by atoms with E-state index in [1.165, 1.54) is 29.3 Å². The molecule has 3 aromatic rings. The van der Waals surface area contributed by atoms with Crippen LogP contribution in [-0.4, -0.2) is 63.1 Å². The first-order valence-electron chi connectivity index (χ1n) is 12.1. The maximum absolute atomic E-state index is 14.4. The zero-order chi connectivity index (χ0) is 26.6. The van der Waals surface area contributed by atoms with E-state index in [1.54, 1.807) is 43.9 Å². The number of ether oxygens (including phenoxy) is 1. The second-order valence-electron chi connectivity index (χ2n) is 9.82. The van der Waals surface area contributed by atoms with Crippen LogP contribution in [0.5, 0.6) is 0 Å². The van der Waals surface area contributed by atoms with E-state index < -0.39 is 17.6 Å². The minimum atomic E-state index is -0.713. The van der Waals surface area contributed by atoms with Gasteiger partial charge in [-0.05, 0) is 63.4 Å². The Bertz CT molecular complexity index is 1260. The van der Waals surface area contributed by atoms with E-state index in [1.807, 2.05) is 6.07 Å². The number of pyridine rings is 1. The van der Waals surface area contributed by atoms with Crippen molar-refractivity contribution in [2.45, 2.75) is 45.3 Å². The Hall–Kier alpha value is -4.02. The molecule has 1 aromatic carbocycles. The highest BCUT2D eigenvalue weighted by molar-refractivity contribution is 5.94. The summed E-state index contributed by atoms with van der Waals surface area (Å²) in [5, 5.41) is 6.62. The molecular weight excluding hydrogens is 482 g/mol. The van der Waals surface area contributed by atoms with Crippen LogP contribution < -0.4 is 10.7 Å². The third kappa shape index (κ3) is 6.81. The van der Waals surface area contributed by atoms with Crippen molar-refractivity contribution in [3.63, 3.8) is 0 Å². The van der Waals surface area contributed by atoms with Crippen molar-refractivity contribution in [2.24, 2.45) is 0 Å².